The Morgan fingerprint density at radius 1 is 0.500 bits per heavy atom. The molecule has 0 bridgehead atoms. The van der Waals surface area contributed by atoms with Gasteiger partial charge in [-0.15, -0.1) is 0 Å². The maximum Gasteiger partial charge on any atom is 0.343 e. The molecular weight excluding hydrogens is 392 g/mol. The zero-order chi connectivity index (χ0) is 22.2. The number of benzene rings is 4. The largest absolute Gasteiger partial charge is 0.423 e. The van der Waals surface area contributed by atoms with Crippen LogP contribution in [-0.2, 0) is 0 Å². The lowest BCUT2D eigenvalue weighted by molar-refractivity contribution is 0.0734. The summed E-state index contributed by atoms with van der Waals surface area (Å²) in [5.74, 6) is 0.245. The quantitative estimate of drug-likeness (QED) is 0.245. The number of hydrogen-bond donors (Lipinski definition) is 0. The topological polar surface area (TPSA) is 26.3 Å². The molecule has 0 saturated carbocycles. The number of carbonyl (C=O) groups is 1. The van der Waals surface area contributed by atoms with Gasteiger partial charge in [0, 0.05) is 0 Å². The average molecular weight is 425 g/mol. The van der Waals surface area contributed by atoms with E-state index in [-0.39, 0.29) is 13.4 Å². The third-order valence-corrected chi connectivity index (χ3v) is 4.96. The van der Waals surface area contributed by atoms with Crippen molar-refractivity contribution >= 4 is 5.97 Å². The molecule has 0 N–H and O–H groups in total. The maximum absolute atomic E-state index is 11.8. The zero-order valence-corrected chi connectivity index (χ0v) is 18.6. The van der Waals surface area contributed by atoms with E-state index < -0.39 is 0 Å². The molecular formula is C30H32O2. The number of esters is 1. The lowest BCUT2D eigenvalue weighted by atomic mass is 10.0. The molecule has 4 aromatic rings. The normalized spacial score (nSPS) is 9.75. The van der Waals surface area contributed by atoms with E-state index in [0.717, 1.165) is 11.1 Å². The highest BCUT2D eigenvalue weighted by molar-refractivity contribution is 5.91. The van der Waals surface area contributed by atoms with Crippen LogP contribution in [0.3, 0.4) is 0 Å². The summed E-state index contributed by atoms with van der Waals surface area (Å²) in [6.07, 6.45) is 0. The molecule has 164 valence electrons. The fraction of sp³-hybridized carbons (Fsp3) is 0.167. The van der Waals surface area contributed by atoms with Gasteiger partial charge in [0.15, 0.2) is 0 Å². The van der Waals surface area contributed by atoms with Gasteiger partial charge in [0.25, 0.3) is 0 Å². The Balaban J connectivity index is 0.000000224. The SMILES string of the molecule is C.Cc1ccc(-c2ccc(C)cc2)cc1.Cc1ccc(OC(=O)c2ccc(C)cc2)cc1. The summed E-state index contributed by atoms with van der Waals surface area (Å²) >= 11 is 0. The van der Waals surface area contributed by atoms with Crippen LogP contribution in [0, 0.1) is 27.7 Å². The molecule has 4 rings (SSSR count). The maximum atomic E-state index is 11.8. The number of hydrogen-bond acceptors (Lipinski definition) is 2. The van der Waals surface area contributed by atoms with E-state index in [1.54, 1.807) is 24.3 Å². The van der Waals surface area contributed by atoms with Crippen LogP contribution in [0.5, 0.6) is 5.75 Å². The van der Waals surface area contributed by atoms with Crippen molar-refractivity contribution in [1.29, 1.82) is 0 Å². The van der Waals surface area contributed by atoms with Crippen molar-refractivity contribution in [2.75, 3.05) is 0 Å². The molecule has 32 heavy (non-hydrogen) atoms. The van der Waals surface area contributed by atoms with E-state index in [1.165, 1.54) is 22.3 Å². The fourth-order valence-electron chi connectivity index (χ4n) is 2.95. The second kappa shape index (κ2) is 11.7. The molecule has 0 saturated heterocycles. The summed E-state index contributed by atoms with van der Waals surface area (Å²) in [5.41, 5.74) is 8.01. The summed E-state index contributed by atoms with van der Waals surface area (Å²) in [6, 6.07) is 32.0. The summed E-state index contributed by atoms with van der Waals surface area (Å²) in [5, 5.41) is 0. The Labute approximate surface area is 192 Å². The Morgan fingerprint density at radius 3 is 1.19 bits per heavy atom. The first-order chi connectivity index (χ1) is 14.9. The van der Waals surface area contributed by atoms with E-state index in [0.29, 0.717) is 11.3 Å². The Kier molecular flexibility index (Phi) is 8.97. The van der Waals surface area contributed by atoms with Crippen LogP contribution in [0.15, 0.2) is 97.1 Å². The lowest BCUT2D eigenvalue weighted by Crippen LogP contribution is -2.08. The van der Waals surface area contributed by atoms with E-state index in [9.17, 15) is 4.79 Å². The van der Waals surface area contributed by atoms with Gasteiger partial charge in [-0.25, -0.2) is 4.79 Å². The van der Waals surface area contributed by atoms with Crippen LogP contribution in [0.1, 0.15) is 40.0 Å². The molecule has 0 aliphatic rings. The van der Waals surface area contributed by atoms with Crippen LogP contribution < -0.4 is 4.74 Å². The van der Waals surface area contributed by atoms with Crippen molar-refractivity contribution in [3.63, 3.8) is 0 Å². The summed E-state index contributed by atoms with van der Waals surface area (Å²) in [4.78, 5) is 11.8. The molecule has 0 radical (unpaired) electrons. The molecule has 0 aromatic heterocycles. The molecule has 0 unspecified atom stereocenters. The Morgan fingerprint density at radius 2 is 0.812 bits per heavy atom. The molecule has 2 nitrogen and oxygen atoms in total. The van der Waals surface area contributed by atoms with Gasteiger partial charge < -0.3 is 4.74 Å². The van der Waals surface area contributed by atoms with Gasteiger partial charge in [0.1, 0.15) is 5.75 Å². The van der Waals surface area contributed by atoms with Crippen LogP contribution in [0.2, 0.25) is 0 Å². The lowest BCUT2D eigenvalue weighted by Gasteiger charge is -2.04. The standard InChI is InChI=1S/C15H14O2.C14H14.CH4/c1-11-3-7-13(8-4-11)15(16)17-14-9-5-12(2)6-10-14;1-11-3-7-13(8-4-11)14-9-5-12(2)6-10-14;/h3-10H,1-2H3;3-10H,1-2H3;1H4. The second-order valence-electron chi connectivity index (χ2n) is 7.80. The first kappa shape index (κ1) is 24.6. The van der Waals surface area contributed by atoms with Crippen LogP contribution in [-0.4, -0.2) is 5.97 Å². The van der Waals surface area contributed by atoms with Gasteiger partial charge in [-0.2, -0.15) is 0 Å². The third kappa shape index (κ3) is 7.24. The van der Waals surface area contributed by atoms with E-state index in [2.05, 4.69) is 62.4 Å². The number of ether oxygens (including phenoxy) is 1. The minimum Gasteiger partial charge on any atom is -0.423 e. The molecule has 0 aliphatic heterocycles. The highest BCUT2D eigenvalue weighted by Crippen LogP contribution is 2.20. The first-order valence-electron chi connectivity index (χ1n) is 10.4. The van der Waals surface area contributed by atoms with Gasteiger partial charge in [0.05, 0.1) is 5.56 Å². The van der Waals surface area contributed by atoms with Crippen molar-refractivity contribution in [3.05, 3.63) is 125 Å². The average Bonchev–Trinajstić information content (AvgIpc) is 2.77. The van der Waals surface area contributed by atoms with E-state index >= 15 is 0 Å². The highest BCUT2D eigenvalue weighted by Gasteiger charge is 2.07. The number of rotatable bonds is 3. The van der Waals surface area contributed by atoms with Gasteiger partial charge in [0.2, 0.25) is 0 Å². The molecule has 0 atom stereocenters. The highest BCUT2D eigenvalue weighted by atomic mass is 16.5. The molecule has 0 aliphatic carbocycles. The monoisotopic (exact) mass is 424 g/mol. The Bertz CT molecular complexity index is 1060. The van der Waals surface area contributed by atoms with Crippen molar-refractivity contribution in [2.24, 2.45) is 0 Å². The third-order valence-electron chi connectivity index (χ3n) is 4.96. The second-order valence-corrected chi connectivity index (χ2v) is 7.80. The minimum atomic E-state index is -0.325. The molecule has 0 heterocycles. The summed E-state index contributed by atoms with van der Waals surface area (Å²) in [7, 11) is 0. The predicted molar refractivity (Wildman–Crippen MR) is 135 cm³/mol. The van der Waals surface area contributed by atoms with Crippen molar-refractivity contribution < 1.29 is 9.53 Å². The van der Waals surface area contributed by atoms with Gasteiger partial charge in [-0.1, -0.05) is 102 Å². The molecule has 4 aromatic carbocycles. The van der Waals surface area contributed by atoms with Gasteiger partial charge >= 0.3 is 5.97 Å². The van der Waals surface area contributed by atoms with Crippen molar-refractivity contribution in [3.8, 4) is 16.9 Å². The smallest absolute Gasteiger partial charge is 0.343 e. The molecule has 2 heteroatoms. The van der Waals surface area contributed by atoms with Crippen LogP contribution in [0.25, 0.3) is 11.1 Å². The number of aryl methyl sites for hydroxylation is 4. The van der Waals surface area contributed by atoms with Crippen molar-refractivity contribution in [2.45, 2.75) is 35.1 Å². The van der Waals surface area contributed by atoms with Crippen LogP contribution >= 0.6 is 0 Å². The Hall–Kier alpha value is -3.65. The fourth-order valence-corrected chi connectivity index (χ4v) is 2.95. The summed E-state index contributed by atoms with van der Waals surface area (Å²) in [6.45, 7) is 8.19. The first-order valence-corrected chi connectivity index (χ1v) is 10.4. The van der Waals surface area contributed by atoms with E-state index in [1.807, 2.05) is 38.1 Å². The minimum absolute atomic E-state index is 0. The number of carbonyl (C=O) groups excluding carboxylic acids is 1. The zero-order valence-electron chi connectivity index (χ0n) is 18.6. The van der Waals surface area contributed by atoms with E-state index in [4.69, 9.17) is 4.74 Å². The predicted octanol–water partition coefficient (Wildman–Crippen LogP) is 8.13. The van der Waals surface area contributed by atoms with Crippen molar-refractivity contribution in [1.82, 2.24) is 0 Å². The van der Waals surface area contributed by atoms with Gasteiger partial charge in [-0.3, -0.25) is 0 Å². The van der Waals surface area contributed by atoms with Gasteiger partial charge in [-0.05, 0) is 63.1 Å². The van der Waals surface area contributed by atoms with Crippen LogP contribution in [0.4, 0.5) is 0 Å². The summed E-state index contributed by atoms with van der Waals surface area (Å²) < 4.78 is 5.26. The molecule has 0 amide bonds. The molecule has 0 fully saturated rings. The molecule has 0 spiro atoms.